The van der Waals surface area contributed by atoms with E-state index in [4.69, 9.17) is 14.8 Å². The molecule has 5 aromatic rings. The van der Waals surface area contributed by atoms with Gasteiger partial charge in [-0.1, -0.05) is 44.5 Å². The van der Waals surface area contributed by atoms with Crippen LogP contribution in [0.2, 0.25) is 0 Å². The number of hydrogen-bond acceptors (Lipinski definition) is 6. The molecule has 1 N–H and O–H groups in total. The Hall–Kier alpha value is -4.56. The van der Waals surface area contributed by atoms with Crippen molar-refractivity contribution in [1.29, 1.82) is 5.26 Å². The fourth-order valence-electron chi connectivity index (χ4n) is 7.49. The smallest absolute Gasteiger partial charge is 0.168 e. The third-order valence-corrected chi connectivity index (χ3v) is 12.6. The van der Waals surface area contributed by atoms with Crippen LogP contribution in [-0.4, -0.2) is 39.7 Å². The van der Waals surface area contributed by atoms with Gasteiger partial charge >= 0.3 is 0 Å². The fourth-order valence-corrected chi connectivity index (χ4v) is 9.48. The molecule has 0 spiro atoms. The molecule has 11 heteroatoms. The lowest BCUT2D eigenvalue weighted by atomic mass is 9.75. The van der Waals surface area contributed by atoms with Crippen molar-refractivity contribution in [3.05, 3.63) is 94.9 Å². The van der Waals surface area contributed by atoms with Crippen molar-refractivity contribution >= 4 is 20.7 Å². The maximum absolute atomic E-state index is 15.7. The van der Waals surface area contributed by atoms with Crippen molar-refractivity contribution < 1.29 is 21.9 Å². The lowest BCUT2D eigenvalue weighted by Gasteiger charge is -2.31. The normalized spacial score (nSPS) is 21.3. The number of aryl methyl sites for hydroxylation is 2. The molecule has 3 heterocycles. The second-order valence-electron chi connectivity index (χ2n) is 15.2. The second-order valence-corrected chi connectivity index (χ2v) is 17.4. The van der Waals surface area contributed by atoms with Gasteiger partial charge in [-0.25, -0.2) is 26.9 Å². The Kier molecular flexibility index (Phi) is 8.37. The Morgan fingerprint density at radius 2 is 1.82 bits per heavy atom. The van der Waals surface area contributed by atoms with Crippen molar-refractivity contribution in [3.8, 4) is 29.0 Å². The van der Waals surface area contributed by atoms with Crippen molar-refractivity contribution in [2.24, 2.45) is 17.9 Å². The topological polar surface area (TPSA) is 114 Å². The predicted molar refractivity (Wildman–Crippen MR) is 189 cm³/mol. The first-order valence-corrected chi connectivity index (χ1v) is 18.9. The molecular weight excluding hydrogens is 657 g/mol. The maximum Gasteiger partial charge on any atom is 0.168 e. The maximum atomic E-state index is 15.7. The molecule has 1 saturated carbocycles. The number of nitrogens with one attached hydrogen (secondary N) is 1. The lowest BCUT2D eigenvalue weighted by molar-refractivity contribution is 0.337. The van der Waals surface area contributed by atoms with Gasteiger partial charge < -0.3 is 9.72 Å². The largest absolute Gasteiger partial charge is 0.454 e. The van der Waals surface area contributed by atoms with Crippen LogP contribution in [0, 0.1) is 33.8 Å². The zero-order valence-corrected chi connectivity index (χ0v) is 29.6. The number of nitrogens with zero attached hydrogens (tertiary/aromatic N) is 4. The third-order valence-electron chi connectivity index (χ3n) is 10.5. The molecule has 1 fully saturated rings. The van der Waals surface area contributed by atoms with E-state index in [0.29, 0.717) is 53.8 Å². The summed E-state index contributed by atoms with van der Waals surface area (Å²) >= 11 is 0. The molecule has 1 atom stereocenters. The minimum absolute atomic E-state index is 0.0302. The van der Waals surface area contributed by atoms with Gasteiger partial charge in [0.25, 0.3) is 0 Å². The summed E-state index contributed by atoms with van der Waals surface area (Å²) in [5, 5.41) is 15.3. The highest BCUT2D eigenvalue weighted by Crippen LogP contribution is 2.48. The monoisotopic (exact) mass is 697 g/mol. The van der Waals surface area contributed by atoms with Crippen molar-refractivity contribution in [2.75, 3.05) is 11.5 Å². The zero-order chi connectivity index (χ0) is 35.5. The van der Waals surface area contributed by atoms with E-state index in [1.807, 2.05) is 32.0 Å². The highest BCUT2D eigenvalue weighted by atomic mass is 32.2. The second kappa shape index (κ2) is 12.3. The van der Waals surface area contributed by atoms with Gasteiger partial charge in [0.05, 0.1) is 34.0 Å². The number of rotatable bonds is 3. The Labute approximate surface area is 291 Å². The van der Waals surface area contributed by atoms with Crippen LogP contribution >= 0.6 is 0 Å². The summed E-state index contributed by atoms with van der Waals surface area (Å²) < 4.78 is 66.3. The molecule has 50 heavy (non-hydrogen) atoms. The van der Waals surface area contributed by atoms with E-state index in [2.05, 4.69) is 24.0 Å². The van der Waals surface area contributed by atoms with E-state index in [1.165, 1.54) is 24.3 Å². The van der Waals surface area contributed by atoms with Crippen LogP contribution in [0.5, 0.6) is 11.5 Å². The standard InChI is InChI=1S/C39H41F2N5O3S/c1-37(2)13-6-14-38(3,26-8-5-7-25(19-26)22-39(23-42)15-16-39)36-44-35(46(4)45-36)30-20-27(9-10-31(30)40)49-34-29(12-18-50(47,48)24-37)28-11-17-43-33(28)21-32(34)41/h5,7-11,17,19-21,43H,6,12-16,18,22,24H2,1-4H3. The van der Waals surface area contributed by atoms with Gasteiger partial charge in [0.1, 0.15) is 11.6 Å². The van der Waals surface area contributed by atoms with Crippen LogP contribution in [0.25, 0.3) is 22.3 Å². The van der Waals surface area contributed by atoms with Gasteiger partial charge in [-0.2, -0.15) is 10.4 Å². The molecule has 4 bridgehead atoms. The van der Waals surface area contributed by atoms with Crippen LogP contribution in [-0.2, 0) is 35.1 Å². The number of ether oxygens (including phenoxy) is 1. The van der Waals surface area contributed by atoms with E-state index in [0.717, 1.165) is 24.0 Å². The van der Waals surface area contributed by atoms with E-state index in [1.54, 1.807) is 24.0 Å². The van der Waals surface area contributed by atoms with Gasteiger partial charge in [-0.05, 0) is 86.3 Å². The van der Waals surface area contributed by atoms with Crippen molar-refractivity contribution in [3.63, 3.8) is 0 Å². The molecule has 2 aromatic heterocycles. The summed E-state index contributed by atoms with van der Waals surface area (Å²) in [7, 11) is -1.85. The highest BCUT2D eigenvalue weighted by molar-refractivity contribution is 7.91. The number of sulfone groups is 1. The van der Waals surface area contributed by atoms with Gasteiger partial charge in [-0.15, -0.1) is 0 Å². The Morgan fingerprint density at radius 3 is 2.58 bits per heavy atom. The highest BCUT2D eigenvalue weighted by Gasteiger charge is 2.43. The molecular formula is C39H41F2N5O3S. The molecule has 0 saturated heterocycles. The summed E-state index contributed by atoms with van der Waals surface area (Å²) in [6, 6.07) is 17.9. The molecule has 1 aliphatic heterocycles. The number of nitriles is 1. The summed E-state index contributed by atoms with van der Waals surface area (Å²) in [5.74, 6) is -0.546. The molecule has 0 amide bonds. The Bertz CT molecular complexity index is 2260. The molecule has 2 aliphatic rings. The summed E-state index contributed by atoms with van der Waals surface area (Å²) in [6.07, 6.45) is 6.05. The molecule has 1 aliphatic carbocycles. The SMILES string of the molecule is Cn1nc2nc1-c1cc(ccc1F)Oc1c(F)cc3[nH]ccc3c1CCS(=O)(=O)CC(C)(C)CCCC2(C)c1cccc(CC2(C#N)CC2)c1. The number of aromatic amines is 1. The summed E-state index contributed by atoms with van der Waals surface area (Å²) in [5.41, 5.74) is 1.55. The molecule has 8 nitrogen and oxygen atoms in total. The van der Waals surface area contributed by atoms with Crippen LogP contribution in [0.15, 0.2) is 60.8 Å². The molecule has 3 aromatic carbocycles. The zero-order valence-electron chi connectivity index (χ0n) is 28.8. The number of hydrogen-bond donors (Lipinski definition) is 1. The first-order valence-electron chi connectivity index (χ1n) is 17.1. The number of halogens is 2. The average molecular weight is 698 g/mol. The summed E-state index contributed by atoms with van der Waals surface area (Å²) in [6.45, 7) is 6.00. The molecule has 260 valence electrons. The van der Waals surface area contributed by atoms with Crippen molar-refractivity contribution in [1.82, 2.24) is 19.7 Å². The Morgan fingerprint density at radius 1 is 1.02 bits per heavy atom. The third kappa shape index (κ3) is 6.53. The van der Waals surface area contributed by atoms with Gasteiger partial charge in [0.15, 0.2) is 33.1 Å². The average Bonchev–Trinajstić information content (AvgIpc) is 3.47. The minimum atomic E-state index is -3.57. The number of H-pyrrole nitrogens is 1. The predicted octanol–water partition coefficient (Wildman–Crippen LogP) is 8.35. The molecule has 0 radical (unpaired) electrons. The fraction of sp³-hybridized carbons (Fsp3) is 0.410. The van der Waals surface area contributed by atoms with E-state index < -0.39 is 32.3 Å². The first-order chi connectivity index (χ1) is 23.7. The van der Waals surface area contributed by atoms with Crippen LogP contribution < -0.4 is 4.74 Å². The van der Waals surface area contributed by atoms with Gasteiger partial charge in [0, 0.05) is 35.8 Å². The van der Waals surface area contributed by atoms with Gasteiger partial charge in [-0.3, -0.25) is 0 Å². The van der Waals surface area contributed by atoms with Crippen molar-refractivity contribution in [2.45, 2.75) is 71.1 Å². The summed E-state index contributed by atoms with van der Waals surface area (Å²) in [4.78, 5) is 7.96. The quantitative estimate of drug-likeness (QED) is 0.203. The number of benzene rings is 3. The number of aromatic nitrogens is 4. The van der Waals surface area contributed by atoms with E-state index >= 15 is 8.78 Å². The van der Waals surface area contributed by atoms with Gasteiger partial charge in [0.2, 0.25) is 0 Å². The number of fused-ring (bicyclic) bond motifs is 8. The van der Waals surface area contributed by atoms with Crippen LogP contribution in [0.3, 0.4) is 0 Å². The van der Waals surface area contributed by atoms with Crippen LogP contribution in [0.1, 0.15) is 75.4 Å². The van der Waals surface area contributed by atoms with E-state index in [-0.39, 0.29) is 40.4 Å². The lowest BCUT2D eigenvalue weighted by Crippen LogP contribution is -2.29. The van der Waals surface area contributed by atoms with E-state index in [9.17, 15) is 13.7 Å². The first kappa shape index (κ1) is 33.9. The Balaban J connectivity index is 1.36. The van der Waals surface area contributed by atoms with Crippen LogP contribution in [0.4, 0.5) is 8.78 Å². The molecule has 1 unspecified atom stereocenters. The molecule has 7 rings (SSSR count). The minimum Gasteiger partial charge on any atom is -0.454 e.